The number of anilines is 1. The van der Waals surface area contributed by atoms with Gasteiger partial charge in [-0.05, 0) is 6.07 Å². The average Bonchev–Trinajstić information content (AvgIpc) is 2.26. The summed E-state index contributed by atoms with van der Waals surface area (Å²) in [5.74, 6) is -4.78. The Balaban J connectivity index is 3.05. The van der Waals surface area contributed by atoms with Crippen molar-refractivity contribution in [3.8, 4) is 0 Å². The van der Waals surface area contributed by atoms with Gasteiger partial charge < -0.3 is 5.11 Å². The van der Waals surface area contributed by atoms with E-state index in [1.54, 1.807) is 0 Å². The van der Waals surface area contributed by atoms with Gasteiger partial charge in [-0.3, -0.25) is 9.69 Å². The predicted octanol–water partition coefficient (Wildman–Crippen LogP) is 0.700. The molecule has 0 radical (unpaired) electrons. The third-order valence-electron chi connectivity index (χ3n) is 1.72. The molecule has 92 valence electrons. The number of hydrogen-bond acceptors (Lipinski definition) is 4. The van der Waals surface area contributed by atoms with Crippen LogP contribution in [0.1, 0.15) is 10.6 Å². The van der Waals surface area contributed by atoms with Crippen LogP contribution >= 0.6 is 0 Å². The maximum Gasteiger partial charge on any atom is 0.471 e. The highest BCUT2D eigenvalue weighted by Crippen LogP contribution is 2.20. The summed E-state index contributed by atoms with van der Waals surface area (Å²) in [4.78, 5) is 28.1. The zero-order valence-electron chi connectivity index (χ0n) is 8.39. The van der Waals surface area contributed by atoms with Gasteiger partial charge in [0.2, 0.25) is 5.82 Å². The van der Waals surface area contributed by atoms with E-state index < -0.39 is 29.7 Å². The zero-order valence-corrected chi connectivity index (χ0v) is 8.39. The standard InChI is InChI=1S/C8H6F3N3O3/c1-14(7(17)8(9,10)11)4-2-3-12-5(13-4)6(15)16/h2-3H,1H3,(H,15,16). The summed E-state index contributed by atoms with van der Waals surface area (Å²) in [7, 11) is 0.837. The molecule has 0 saturated carbocycles. The Bertz CT molecular complexity index is 461. The van der Waals surface area contributed by atoms with Crippen LogP contribution in [0.4, 0.5) is 19.0 Å². The van der Waals surface area contributed by atoms with E-state index in [9.17, 15) is 22.8 Å². The van der Waals surface area contributed by atoms with Crippen LogP contribution in [0.3, 0.4) is 0 Å². The molecule has 9 heteroatoms. The van der Waals surface area contributed by atoms with Crippen molar-refractivity contribution >= 4 is 17.7 Å². The van der Waals surface area contributed by atoms with Gasteiger partial charge >= 0.3 is 18.1 Å². The van der Waals surface area contributed by atoms with Crippen LogP contribution in [-0.2, 0) is 4.79 Å². The number of halogens is 3. The first-order valence-corrected chi connectivity index (χ1v) is 4.14. The number of carboxylic acid groups (broad SMARTS) is 1. The van der Waals surface area contributed by atoms with Crippen molar-refractivity contribution < 1.29 is 27.9 Å². The first kappa shape index (κ1) is 12.9. The normalized spacial score (nSPS) is 11.1. The molecule has 0 saturated heterocycles. The molecule has 0 atom stereocenters. The minimum absolute atomic E-state index is 0.202. The number of carbonyl (C=O) groups is 2. The second-order valence-electron chi connectivity index (χ2n) is 2.91. The van der Waals surface area contributed by atoms with Gasteiger partial charge in [-0.25, -0.2) is 14.8 Å². The largest absolute Gasteiger partial charge is 0.475 e. The molecule has 1 amide bonds. The van der Waals surface area contributed by atoms with Crippen molar-refractivity contribution in [3.05, 3.63) is 18.1 Å². The number of aromatic carboxylic acids is 1. The Morgan fingerprint density at radius 2 is 2.00 bits per heavy atom. The van der Waals surface area contributed by atoms with Gasteiger partial charge in [0.1, 0.15) is 5.82 Å². The van der Waals surface area contributed by atoms with Crippen molar-refractivity contribution in [2.75, 3.05) is 11.9 Å². The number of hydrogen-bond donors (Lipinski definition) is 1. The van der Waals surface area contributed by atoms with Gasteiger partial charge in [-0.2, -0.15) is 13.2 Å². The van der Waals surface area contributed by atoms with Crippen molar-refractivity contribution in [1.29, 1.82) is 0 Å². The number of rotatable bonds is 2. The molecule has 6 nitrogen and oxygen atoms in total. The first-order valence-electron chi connectivity index (χ1n) is 4.14. The Hall–Kier alpha value is -2.19. The van der Waals surface area contributed by atoms with E-state index in [4.69, 9.17) is 5.11 Å². The second-order valence-corrected chi connectivity index (χ2v) is 2.91. The van der Waals surface area contributed by atoms with E-state index in [0.717, 1.165) is 19.3 Å². The van der Waals surface area contributed by atoms with E-state index in [-0.39, 0.29) is 4.90 Å². The number of amides is 1. The predicted molar refractivity (Wildman–Crippen MR) is 48.5 cm³/mol. The number of carbonyl (C=O) groups excluding carboxylic acids is 1. The molecular formula is C8H6F3N3O3. The lowest BCUT2D eigenvalue weighted by Gasteiger charge is -2.17. The zero-order chi connectivity index (χ0) is 13.2. The topological polar surface area (TPSA) is 83.4 Å². The van der Waals surface area contributed by atoms with Crippen molar-refractivity contribution in [2.24, 2.45) is 0 Å². The van der Waals surface area contributed by atoms with Crippen LogP contribution in [0.15, 0.2) is 12.3 Å². The number of nitrogens with zero attached hydrogens (tertiary/aromatic N) is 3. The fourth-order valence-corrected chi connectivity index (χ4v) is 0.933. The van der Waals surface area contributed by atoms with Crippen molar-refractivity contribution in [2.45, 2.75) is 6.18 Å². The molecule has 0 aliphatic carbocycles. The third-order valence-corrected chi connectivity index (χ3v) is 1.72. The van der Waals surface area contributed by atoms with Gasteiger partial charge in [-0.15, -0.1) is 0 Å². The van der Waals surface area contributed by atoms with Gasteiger partial charge in [0, 0.05) is 13.2 Å². The monoisotopic (exact) mass is 249 g/mol. The highest BCUT2D eigenvalue weighted by Gasteiger charge is 2.42. The lowest BCUT2D eigenvalue weighted by atomic mass is 10.4. The van der Waals surface area contributed by atoms with E-state index >= 15 is 0 Å². The summed E-state index contributed by atoms with van der Waals surface area (Å²) < 4.78 is 36.3. The molecule has 0 aliphatic rings. The van der Waals surface area contributed by atoms with Crippen LogP contribution in [0, 0.1) is 0 Å². The number of carboxylic acids is 1. The Labute approximate surface area is 92.7 Å². The second kappa shape index (κ2) is 4.36. The molecule has 0 bridgehead atoms. The molecule has 17 heavy (non-hydrogen) atoms. The summed E-state index contributed by atoms with van der Waals surface area (Å²) in [5.41, 5.74) is 0. The van der Waals surface area contributed by atoms with Crippen molar-refractivity contribution in [1.82, 2.24) is 9.97 Å². The molecule has 0 aliphatic heterocycles. The van der Waals surface area contributed by atoms with Gasteiger partial charge in [0.25, 0.3) is 0 Å². The molecule has 0 spiro atoms. The van der Waals surface area contributed by atoms with E-state index in [0.29, 0.717) is 0 Å². The van der Waals surface area contributed by atoms with Crippen LogP contribution in [-0.4, -0.2) is 40.2 Å². The molecule has 1 heterocycles. The quantitative estimate of drug-likeness (QED) is 0.834. The van der Waals surface area contributed by atoms with Crippen LogP contribution in [0.5, 0.6) is 0 Å². The van der Waals surface area contributed by atoms with Crippen LogP contribution < -0.4 is 4.90 Å². The maximum atomic E-state index is 12.1. The molecule has 0 aromatic carbocycles. The molecule has 1 aromatic heterocycles. The summed E-state index contributed by atoms with van der Waals surface area (Å²) in [6.45, 7) is 0. The minimum Gasteiger partial charge on any atom is -0.475 e. The Kier molecular flexibility index (Phi) is 3.30. The number of alkyl halides is 3. The van der Waals surface area contributed by atoms with Gasteiger partial charge in [0.05, 0.1) is 0 Å². The lowest BCUT2D eigenvalue weighted by Crippen LogP contribution is -2.39. The van der Waals surface area contributed by atoms with Crippen LogP contribution in [0.2, 0.25) is 0 Å². The Morgan fingerprint density at radius 1 is 1.41 bits per heavy atom. The maximum absolute atomic E-state index is 12.1. The highest BCUT2D eigenvalue weighted by atomic mass is 19.4. The molecule has 1 aromatic rings. The minimum atomic E-state index is -5.05. The molecular weight excluding hydrogens is 243 g/mol. The van der Waals surface area contributed by atoms with Crippen LogP contribution in [0.25, 0.3) is 0 Å². The summed E-state index contributed by atoms with van der Waals surface area (Å²) >= 11 is 0. The fourth-order valence-electron chi connectivity index (χ4n) is 0.933. The third kappa shape index (κ3) is 2.89. The summed E-state index contributed by atoms with van der Waals surface area (Å²) in [6, 6.07) is 0.996. The molecule has 0 fully saturated rings. The van der Waals surface area contributed by atoms with E-state index in [1.807, 2.05) is 0 Å². The van der Waals surface area contributed by atoms with E-state index in [2.05, 4.69) is 9.97 Å². The van der Waals surface area contributed by atoms with Crippen molar-refractivity contribution in [3.63, 3.8) is 0 Å². The average molecular weight is 249 g/mol. The highest BCUT2D eigenvalue weighted by molar-refractivity contribution is 5.96. The number of aromatic nitrogens is 2. The Morgan fingerprint density at radius 3 is 2.47 bits per heavy atom. The van der Waals surface area contributed by atoms with E-state index in [1.165, 1.54) is 0 Å². The smallest absolute Gasteiger partial charge is 0.471 e. The summed E-state index contributed by atoms with van der Waals surface area (Å²) in [5, 5.41) is 8.54. The summed E-state index contributed by atoms with van der Waals surface area (Å²) in [6.07, 6.45) is -4.10. The van der Waals surface area contributed by atoms with Gasteiger partial charge in [0.15, 0.2) is 0 Å². The lowest BCUT2D eigenvalue weighted by molar-refractivity contribution is -0.170. The van der Waals surface area contributed by atoms with Gasteiger partial charge in [-0.1, -0.05) is 0 Å². The molecule has 0 unspecified atom stereocenters. The first-order chi connectivity index (χ1) is 7.73. The molecule has 1 N–H and O–H groups in total. The fraction of sp³-hybridized carbons (Fsp3) is 0.250. The molecule has 1 rings (SSSR count). The SMILES string of the molecule is CN(C(=O)C(F)(F)F)c1ccnc(C(=O)O)n1.